The molecule has 0 spiro atoms. The van der Waals surface area contributed by atoms with E-state index in [2.05, 4.69) is 26.0 Å². The molecule has 0 saturated heterocycles. The summed E-state index contributed by atoms with van der Waals surface area (Å²) < 4.78 is 0. The van der Waals surface area contributed by atoms with Gasteiger partial charge < -0.3 is 10.2 Å². The molecule has 0 amide bonds. The highest BCUT2D eigenvalue weighted by molar-refractivity contribution is 5.73. The molecule has 0 atom stereocenters. The van der Waals surface area contributed by atoms with Crippen LogP contribution in [0.15, 0.2) is 12.1 Å². The molecule has 1 aromatic carbocycles. The van der Waals surface area contributed by atoms with Crippen molar-refractivity contribution in [2.75, 3.05) is 0 Å². The predicted octanol–water partition coefficient (Wildman–Crippen LogP) is 6.73. The topological polar surface area (TPSA) is 74.6 Å². The Morgan fingerprint density at radius 3 is 1.50 bits per heavy atom. The Morgan fingerprint density at radius 2 is 1.07 bits per heavy atom. The fourth-order valence-electron chi connectivity index (χ4n) is 3.87. The fourth-order valence-corrected chi connectivity index (χ4v) is 3.87. The van der Waals surface area contributed by atoms with Crippen molar-refractivity contribution in [2.24, 2.45) is 10.8 Å². The van der Waals surface area contributed by atoms with Gasteiger partial charge >= 0.3 is 11.9 Å². The SMILES string of the molecule is Cc1cc(CCCCCCC(C)(C)C(=O)O)c(C)c(CCCCC(C)(C)C(=O)O)c1. The van der Waals surface area contributed by atoms with Crippen LogP contribution in [0.3, 0.4) is 0 Å². The molecular weight excluding hydrogens is 376 g/mol. The number of carboxylic acid groups (broad SMARTS) is 2. The van der Waals surface area contributed by atoms with E-state index in [1.54, 1.807) is 27.7 Å². The molecule has 0 saturated carbocycles. The van der Waals surface area contributed by atoms with Crippen molar-refractivity contribution < 1.29 is 19.8 Å². The third-order valence-electron chi connectivity index (χ3n) is 6.42. The van der Waals surface area contributed by atoms with Gasteiger partial charge in [0.15, 0.2) is 0 Å². The van der Waals surface area contributed by atoms with Crippen molar-refractivity contribution >= 4 is 11.9 Å². The molecule has 2 N–H and O–H groups in total. The highest BCUT2D eigenvalue weighted by Crippen LogP contribution is 2.27. The zero-order valence-corrected chi connectivity index (χ0v) is 19.9. The average Bonchev–Trinajstić information content (AvgIpc) is 2.64. The van der Waals surface area contributed by atoms with Gasteiger partial charge in [-0.25, -0.2) is 0 Å². The quantitative estimate of drug-likeness (QED) is 0.328. The van der Waals surface area contributed by atoms with Crippen LogP contribution in [0.25, 0.3) is 0 Å². The number of aliphatic carboxylic acids is 2. The molecule has 170 valence electrons. The lowest BCUT2D eigenvalue weighted by molar-refractivity contribution is -0.148. The van der Waals surface area contributed by atoms with E-state index in [1.165, 1.54) is 22.3 Å². The monoisotopic (exact) mass is 418 g/mol. The van der Waals surface area contributed by atoms with E-state index in [-0.39, 0.29) is 0 Å². The summed E-state index contributed by atoms with van der Waals surface area (Å²) in [4.78, 5) is 22.4. The maximum absolute atomic E-state index is 11.2. The molecule has 30 heavy (non-hydrogen) atoms. The van der Waals surface area contributed by atoms with Gasteiger partial charge in [-0.3, -0.25) is 9.59 Å². The summed E-state index contributed by atoms with van der Waals surface area (Å²) in [5.41, 5.74) is 4.21. The van der Waals surface area contributed by atoms with Crippen LogP contribution in [-0.2, 0) is 22.4 Å². The fraction of sp³-hybridized carbons (Fsp3) is 0.692. The van der Waals surface area contributed by atoms with Crippen molar-refractivity contribution in [3.63, 3.8) is 0 Å². The number of carbonyl (C=O) groups is 2. The van der Waals surface area contributed by atoms with Crippen molar-refractivity contribution in [3.05, 3.63) is 34.4 Å². The highest BCUT2D eigenvalue weighted by Gasteiger charge is 2.26. The first-order valence-electron chi connectivity index (χ1n) is 11.4. The largest absolute Gasteiger partial charge is 0.481 e. The molecule has 0 unspecified atom stereocenters. The third-order valence-corrected chi connectivity index (χ3v) is 6.42. The summed E-state index contributed by atoms with van der Waals surface area (Å²) >= 11 is 0. The standard InChI is InChI=1S/C26H42O4/c1-19-17-21(13-9-7-8-11-15-25(3,4)23(27)28)20(2)22(18-19)14-10-12-16-26(5,6)24(29)30/h17-18H,7-16H2,1-6H3,(H,27,28)(H,29,30). The Bertz CT molecular complexity index is 716. The van der Waals surface area contributed by atoms with Crippen LogP contribution >= 0.6 is 0 Å². The summed E-state index contributed by atoms with van der Waals surface area (Å²) in [7, 11) is 0. The van der Waals surface area contributed by atoms with Crippen LogP contribution in [0.4, 0.5) is 0 Å². The third kappa shape index (κ3) is 8.49. The molecule has 0 aromatic heterocycles. The summed E-state index contributed by atoms with van der Waals surface area (Å²) in [5, 5.41) is 18.4. The van der Waals surface area contributed by atoms with Gasteiger partial charge in [0.05, 0.1) is 10.8 Å². The number of rotatable bonds is 14. The van der Waals surface area contributed by atoms with Crippen molar-refractivity contribution in [1.29, 1.82) is 0 Å². The first-order chi connectivity index (χ1) is 13.9. The van der Waals surface area contributed by atoms with Gasteiger partial charge in [-0.1, -0.05) is 43.4 Å². The Balaban J connectivity index is 2.48. The molecule has 4 heteroatoms. The molecule has 1 aromatic rings. The lowest BCUT2D eigenvalue weighted by atomic mass is 9.86. The van der Waals surface area contributed by atoms with E-state index in [4.69, 9.17) is 0 Å². The zero-order chi connectivity index (χ0) is 22.9. The minimum atomic E-state index is -0.719. The van der Waals surface area contributed by atoms with E-state index >= 15 is 0 Å². The van der Waals surface area contributed by atoms with Gasteiger partial charge in [-0.15, -0.1) is 0 Å². The first-order valence-corrected chi connectivity index (χ1v) is 11.4. The normalized spacial score (nSPS) is 12.2. The van der Waals surface area contributed by atoms with Gasteiger partial charge in [-0.2, -0.15) is 0 Å². The van der Waals surface area contributed by atoms with E-state index in [0.29, 0.717) is 6.42 Å². The van der Waals surface area contributed by atoms with Crippen molar-refractivity contribution in [2.45, 2.75) is 106 Å². The van der Waals surface area contributed by atoms with Gasteiger partial charge in [-0.05, 0) is 96.8 Å². The molecule has 4 nitrogen and oxygen atoms in total. The number of benzene rings is 1. The van der Waals surface area contributed by atoms with Crippen LogP contribution in [0.5, 0.6) is 0 Å². The number of hydrogen-bond acceptors (Lipinski definition) is 2. The predicted molar refractivity (Wildman–Crippen MR) is 123 cm³/mol. The average molecular weight is 419 g/mol. The van der Waals surface area contributed by atoms with Gasteiger partial charge in [0.25, 0.3) is 0 Å². The second-order valence-corrected chi connectivity index (χ2v) is 10.2. The van der Waals surface area contributed by atoms with Crippen LogP contribution in [-0.4, -0.2) is 22.2 Å². The second-order valence-electron chi connectivity index (χ2n) is 10.2. The van der Waals surface area contributed by atoms with E-state index in [1.807, 2.05) is 0 Å². The maximum atomic E-state index is 11.2. The van der Waals surface area contributed by atoms with Crippen LogP contribution < -0.4 is 0 Å². The van der Waals surface area contributed by atoms with Gasteiger partial charge in [0.2, 0.25) is 0 Å². The number of aryl methyl sites for hydroxylation is 3. The Labute approximate surface area is 183 Å². The molecule has 0 radical (unpaired) electrons. The molecule has 0 bridgehead atoms. The van der Waals surface area contributed by atoms with E-state index in [0.717, 1.165) is 57.8 Å². The second kappa shape index (κ2) is 11.5. The number of carboxylic acids is 2. The molecule has 0 aliphatic carbocycles. The molecule has 0 heterocycles. The Hall–Kier alpha value is -1.84. The first kappa shape index (κ1) is 26.2. The Kier molecular flexibility index (Phi) is 10.1. The van der Waals surface area contributed by atoms with Crippen LogP contribution in [0.1, 0.15) is 101 Å². The minimum absolute atomic E-state index is 0.623. The number of unbranched alkanes of at least 4 members (excludes halogenated alkanes) is 4. The molecule has 1 rings (SSSR count). The van der Waals surface area contributed by atoms with Crippen molar-refractivity contribution in [3.8, 4) is 0 Å². The lowest BCUT2D eigenvalue weighted by Crippen LogP contribution is -2.23. The summed E-state index contributed by atoms with van der Waals surface area (Å²) in [6.07, 6.45) is 9.74. The van der Waals surface area contributed by atoms with Crippen molar-refractivity contribution in [1.82, 2.24) is 0 Å². The molecular formula is C26H42O4. The lowest BCUT2D eigenvalue weighted by Gasteiger charge is -2.19. The van der Waals surface area contributed by atoms with E-state index in [9.17, 15) is 19.8 Å². The minimum Gasteiger partial charge on any atom is -0.481 e. The smallest absolute Gasteiger partial charge is 0.309 e. The zero-order valence-electron chi connectivity index (χ0n) is 19.9. The molecule has 0 aliphatic heterocycles. The molecule has 0 fully saturated rings. The summed E-state index contributed by atoms with van der Waals surface area (Å²) in [6, 6.07) is 4.56. The van der Waals surface area contributed by atoms with E-state index < -0.39 is 22.8 Å². The van der Waals surface area contributed by atoms with Crippen LogP contribution in [0, 0.1) is 24.7 Å². The number of hydrogen-bond donors (Lipinski definition) is 2. The highest BCUT2D eigenvalue weighted by atomic mass is 16.4. The van der Waals surface area contributed by atoms with Gasteiger partial charge in [0, 0.05) is 0 Å². The summed E-state index contributed by atoms with van der Waals surface area (Å²) in [5.74, 6) is -1.43. The summed E-state index contributed by atoms with van der Waals surface area (Å²) in [6.45, 7) is 11.6. The Morgan fingerprint density at radius 1 is 0.700 bits per heavy atom. The van der Waals surface area contributed by atoms with Crippen LogP contribution in [0.2, 0.25) is 0 Å². The van der Waals surface area contributed by atoms with Gasteiger partial charge in [0.1, 0.15) is 0 Å². The molecule has 0 aliphatic rings. The maximum Gasteiger partial charge on any atom is 0.309 e.